The summed E-state index contributed by atoms with van der Waals surface area (Å²) in [6.07, 6.45) is 0. The standard InChI is InChI=1S/C8H7Cl2N3O2/c9-4-1-3(2-5(10)6(4)11)7(14)13-8(12)15/h1-2H,11H2,(H3,12,13,14,15). The molecular weight excluding hydrogens is 241 g/mol. The molecule has 0 radical (unpaired) electrons. The van der Waals surface area contributed by atoms with Crippen LogP contribution in [0, 0.1) is 0 Å². The first-order chi connectivity index (χ1) is 6.91. The number of imide groups is 1. The Morgan fingerprint density at radius 1 is 1.20 bits per heavy atom. The minimum absolute atomic E-state index is 0.109. The quantitative estimate of drug-likeness (QED) is 0.654. The van der Waals surface area contributed by atoms with Crippen LogP contribution in [0.3, 0.4) is 0 Å². The van der Waals surface area contributed by atoms with Crippen molar-refractivity contribution in [3.05, 3.63) is 27.7 Å². The van der Waals surface area contributed by atoms with Crippen molar-refractivity contribution in [2.24, 2.45) is 5.73 Å². The molecule has 0 fully saturated rings. The Balaban J connectivity index is 3.06. The highest BCUT2D eigenvalue weighted by Gasteiger charge is 2.12. The van der Waals surface area contributed by atoms with Crippen molar-refractivity contribution in [3.8, 4) is 0 Å². The second-order valence-corrected chi connectivity index (χ2v) is 3.49. The summed E-state index contributed by atoms with van der Waals surface area (Å²) in [4.78, 5) is 21.7. The Labute approximate surface area is 95.3 Å². The minimum Gasteiger partial charge on any atom is -0.396 e. The topological polar surface area (TPSA) is 98.2 Å². The lowest BCUT2D eigenvalue weighted by Crippen LogP contribution is -2.34. The number of amides is 3. The van der Waals surface area contributed by atoms with Gasteiger partial charge in [0.1, 0.15) is 0 Å². The largest absolute Gasteiger partial charge is 0.396 e. The van der Waals surface area contributed by atoms with Gasteiger partial charge in [0.25, 0.3) is 5.91 Å². The van der Waals surface area contributed by atoms with Crippen LogP contribution in [0.25, 0.3) is 0 Å². The highest BCUT2D eigenvalue weighted by molar-refractivity contribution is 6.39. The van der Waals surface area contributed by atoms with Crippen LogP contribution in [-0.4, -0.2) is 11.9 Å². The van der Waals surface area contributed by atoms with E-state index < -0.39 is 11.9 Å². The predicted octanol–water partition coefficient (Wildman–Crippen LogP) is 1.38. The Hall–Kier alpha value is -1.46. The van der Waals surface area contributed by atoms with E-state index in [0.29, 0.717) is 0 Å². The van der Waals surface area contributed by atoms with Crippen LogP contribution in [-0.2, 0) is 0 Å². The predicted molar refractivity (Wildman–Crippen MR) is 57.9 cm³/mol. The van der Waals surface area contributed by atoms with Gasteiger partial charge in [-0.2, -0.15) is 0 Å². The van der Waals surface area contributed by atoms with E-state index in [1.54, 1.807) is 0 Å². The normalized spacial score (nSPS) is 9.73. The third-order valence-corrected chi connectivity index (χ3v) is 2.20. The molecule has 0 heterocycles. The number of rotatable bonds is 1. The first-order valence-electron chi connectivity index (χ1n) is 3.77. The molecule has 0 aliphatic carbocycles. The molecule has 0 bridgehead atoms. The summed E-state index contributed by atoms with van der Waals surface area (Å²) in [6.45, 7) is 0. The molecule has 1 aromatic rings. The first-order valence-corrected chi connectivity index (χ1v) is 4.52. The summed E-state index contributed by atoms with van der Waals surface area (Å²) in [5.41, 5.74) is 10.5. The number of nitrogen functional groups attached to an aromatic ring is 1. The zero-order valence-electron chi connectivity index (χ0n) is 7.38. The van der Waals surface area contributed by atoms with Gasteiger partial charge in [0, 0.05) is 5.56 Å². The molecule has 1 rings (SSSR count). The fourth-order valence-electron chi connectivity index (χ4n) is 0.899. The molecule has 3 amide bonds. The smallest absolute Gasteiger partial charge is 0.319 e. The van der Waals surface area contributed by atoms with Gasteiger partial charge in [-0.05, 0) is 12.1 Å². The highest BCUT2D eigenvalue weighted by Crippen LogP contribution is 2.28. The third-order valence-electron chi connectivity index (χ3n) is 1.58. The van der Waals surface area contributed by atoms with E-state index in [-0.39, 0.29) is 21.3 Å². The third kappa shape index (κ3) is 2.74. The van der Waals surface area contributed by atoms with Gasteiger partial charge in [0.05, 0.1) is 15.7 Å². The number of hydrogen-bond acceptors (Lipinski definition) is 3. The van der Waals surface area contributed by atoms with E-state index in [0.717, 1.165) is 0 Å². The van der Waals surface area contributed by atoms with Gasteiger partial charge >= 0.3 is 6.03 Å². The number of nitrogens with two attached hydrogens (primary N) is 2. The number of primary amides is 1. The van der Waals surface area contributed by atoms with Gasteiger partial charge in [-0.1, -0.05) is 23.2 Å². The molecule has 0 spiro atoms. The first kappa shape index (κ1) is 11.6. The molecule has 0 aromatic heterocycles. The lowest BCUT2D eigenvalue weighted by Gasteiger charge is -2.05. The molecular formula is C8H7Cl2N3O2. The van der Waals surface area contributed by atoms with Crippen LogP contribution < -0.4 is 16.8 Å². The van der Waals surface area contributed by atoms with Crippen LogP contribution in [0.1, 0.15) is 10.4 Å². The maximum atomic E-state index is 11.3. The highest BCUT2D eigenvalue weighted by atomic mass is 35.5. The zero-order chi connectivity index (χ0) is 11.6. The molecule has 0 aliphatic heterocycles. The van der Waals surface area contributed by atoms with Crippen molar-refractivity contribution in [2.75, 3.05) is 5.73 Å². The van der Waals surface area contributed by atoms with Crippen LogP contribution in [0.5, 0.6) is 0 Å². The average molecular weight is 248 g/mol. The van der Waals surface area contributed by atoms with Crippen LogP contribution in [0.2, 0.25) is 10.0 Å². The molecule has 5 nitrogen and oxygen atoms in total. The van der Waals surface area contributed by atoms with Crippen molar-refractivity contribution in [2.45, 2.75) is 0 Å². The van der Waals surface area contributed by atoms with E-state index in [4.69, 9.17) is 34.7 Å². The van der Waals surface area contributed by atoms with Crippen molar-refractivity contribution < 1.29 is 9.59 Å². The Morgan fingerprint density at radius 2 is 1.67 bits per heavy atom. The summed E-state index contributed by atoms with van der Waals surface area (Å²) < 4.78 is 0. The van der Waals surface area contributed by atoms with Gasteiger partial charge in [0.15, 0.2) is 0 Å². The number of halogens is 2. The average Bonchev–Trinajstić information content (AvgIpc) is 2.12. The molecule has 80 valence electrons. The van der Waals surface area contributed by atoms with Crippen molar-refractivity contribution in [1.82, 2.24) is 5.32 Å². The van der Waals surface area contributed by atoms with Crippen LogP contribution in [0.4, 0.5) is 10.5 Å². The molecule has 0 atom stereocenters. The number of benzene rings is 1. The molecule has 1 aromatic carbocycles. The molecule has 0 unspecified atom stereocenters. The number of hydrogen-bond donors (Lipinski definition) is 3. The van der Waals surface area contributed by atoms with E-state index in [2.05, 4.69) is 0 Å². The Morgan fingerprint density at radius 3 is 2.07 bits per heavy atom. The number of nitrogens with one attached hydrogen (secondary N) is 1. The second-order valence-electron chi connectivity index (χ2n) is 2.67. The monoisotopic (exact) mass is 247 g/mol. The summed E-state index contributed by atoms with van der Waals surface area (Å²) in [7, 11) is 0. The van der Waals surface area contributed by atoms with Crippen molar-refractivity contribution >= 4 is 40.8 Å². The Kier molecular flexibility index (Phi) is 3.39. The van der Waals surface area contributed by atoms with E-state index >= 15 is 0 Å². The fraction of sp³-hybridized carbons (Fsp3) is 0. The fourth-order valence-corrected chi connectivity index (χ4v) is 1.39. The number of carbonyl (C=O) groups is 2. The number of urea groups is 1. The minimum atomic E-state index is -0.955. The van der Waals surface area contributed by atoms with E-state index in [1.807, 2.05) is 5.32 Å². The number of carbonyl (C=O) groups excluding carboxylic acids is 2. The van der Waals surface area contributed by atoms with Crippen LogP contribution in [0.15, 0.2) is 12.1 Å². The summed E-state index contributed by atoms with van der Waals surface area (Å²) in [5, 5.41) is 2.15. The molecule has 0 saturated carbocycles. The SMILES string of the molecule is NC(=O)NC(=O)c1cc(Cl)c(N)c(Cl)c1. The van der Waals surface area contributed by atoms with Crippen molar-refractivity contribution in [3.63, 3.8) is 0 Å². The lowest BCUT2D eigenvalue weighted by molar-refractivity contribution is 0.0966. The van der Waals surface area contributed by atoms with Gasteiger partial charge in [-0.15, -0.1) is 0 Å². The van der Waals surface area contributed by atoms with Gasteiger partial charge in [-0.3, -0.25) is 10.1 Å². The summed E-state index contributed by atoms with van der Waals surface area (Å²) in [5.74, 6) is -0.689. The second kappa shape index (κ2) is 4.37. The van der Waals surface area contributed by atoms with Gasteiger partial charge in [0.2, 0.25) is 0 Å². The van der Waals surface area contributed by atoms with Gasteiger partial charge < -0.3 is 11.5 Å². The summed E-state index contributed by atoms with van der Waals surface area (Å²) >= 11 is 11.4. The molecule has 7 heteroatoms. The van der Waals surface area contributed by atoms with Crippen LogP contribution >= 0.6 is 23.2 Å². The zero-order valence-corrected chi connectivity index (χ0v) is 8.89. The van der Waals surface area contributed by atoms with Gasteiger partial charge in [-0.25, -0.2) is 4.79 Å². The molecule has 5 N–H and O–H groups in total. The molecule has 15 heavy (non-hydrogen) atoms. The maximum Gasteiger partial charge on any atom is 0.319 e. The van der Waals surface area contributed by atoms with E-state index in [1.165, 1.54) is 12.1 Å². The molecule has 0 aliphatic rings. The lowest BCUT2D eigenvalue weighted by atomic mass is 10.2. The summed E-state index contributed by atoms with van der Waals surface area (Å²) in [6, 6.07) is 1.63. The molecule has 0 saturated heterocycles. The maximum absolute atomic E-state index is 11.3. The van der Waals surface area contributed by atoms with Crippen molar-refractivity contribution in [1.29, 1.82) is 0 Å². The van der Waals surface area contributed by atoms with E-state index in [9.17, 15) is 9.59 Å². The number of anilines is 1. The Bertz CT molecular complexity index is 411.